The zero-order valence-electron chi connectivity index (χ0n) is 12.0. The molecule has 4 nitrogen and oxygen atoms in total. The molecule has 2 unspecified atom stereocenters. The van der Waals surface area contributed by atoms with Crippen LogP contribution in [-0.4, -0.2) is 22.9 Å². The van der Waals surface area contributed by atoms with Gasteiger partial charge in [0.15, 0.2) is 11.5 Å². The number of phenols is 2. The van der Waals surface area contributed by atoms with Crippen LogP contribution in [0.5, 0.6) is 11.5 Å². The van der Waals surface area contributed by atoms with Gasteiger partial charge in [-0.3, -0.25) is 0 Å². The third kappa shape index (κ3) is 2.30. The summed E-state index contributed by atoms with van der Waals surface area (Å²) in [5.74, 6) is -0.137. The monoisotopic (exact) mass is 265 g/mol. The Morgan fingerprint density at radius 1 is 1.37 bits per heavy atom. The Balaban J connectivity index is 2.57. The second-order valence-corrected chi connectivity index (χ2v) is 6.57. The van der Waals surface area contributed by atoms with Crippen LogP contribution in [0.25, 0.3) is 0 Å². The first-order valence-corrected chi connectivity index (χ1v) is 6.61. The first-order valence-electron chi connectivity index (χ1n) is 6.61. The van der Waals surface area contributed by atoms with Crippen molar-refractivity contribution in [2.45, 2.75) is 45.8 Å². The molecule has 0 fully saturated rings. The Kier molecular flexibility index (Phi) is 3.27. The number of aromatic hydroxyl groups is 2. The molecule has 0 saturated heterocycles. The maximum absolute atomic E-state index is 10.1. The summed E-state index contributed by atoms with van der Waals surface area (Å²) in [5, 5.41) is 19.8. The second-order valence-electron chi connectivity index (χ2n) is 6.57. The van der Waals surface area contributed by atoms with Gasteiger partial charge >= 0.3 is 0 Å². The average molecular weight is 265 g/mol. The normalized spacial score (nSPS) is 27.1. The van der Waals surface area contributed by atoms with Crippen molar-refractivity contribution in [2.24, 2.45) is 11.1 Å². The molecule has 0 radical (unpaired) electrons. The van der Waals surface area contributed by atoms with E-state index in [1.807, 2.05) is 6.92 Å². The fraction of sp³-hybridized carbons (Fsp3) is 0.600. The van der Waals surface area contributed by atoms with E-state index in [2.05, 4.69) is 20.8 Å². The number of fused-ring (bicyclic) bond motifs is 1. The van der Waals surface area contributed by atoms with Gasteiger partial charge in [0, 0.05) is 18.5 Å². The lowest BCUT2D eigenvalue weighted by Crippen LogP contribution is -2.47. The van der Waals surface area contributed by atoms with Gasteiger partial charge in [-0.15, -0.1) is 0 Å². The molecule has 2 atom stereocenters. The van der Waals surface area contributed by atoms with Gasteiger partial charge in [0.05, 0.1) is 6.10 Å². The highest BCUT2D eigenvalue weighted by Gasteiger charge is 2.42. The van der Waals surface area contributed by atoms with Crippen molar-refractivity contribution in [2.75, 3.05) is 6.54 Å². The lowest BCUT2D eigenvalue weighted by Gasteiger charge is -2.44. The van der Waals surface area contributed by atoms with Gasteiger partial charge in [0.2, 0.25) is 0 Å². The molecule has 1 aliphatic rings. The summed E-state index contributed by atoms with van der Waals surface area (Å²) in [4.78, 5) is 0. The molecule has 0 bridgehead atoms. The molecule has 0 amide bonds. The van der Waals surface area contributed by atoms with Gasteiger partial charge in [-0.2, -0.15) is 0 Å². The van der Waals surface area contributed by atoms with E-state index in [0.717, 1.165) is 11.1 Å². The lowest BCUT2D eigenvalue weighted by molar-refractivity contribution is -0.133. The molecule has 4 heteroatoms. The fourth-order valence-electron chi connectivity index (χ4n) is 2.57. The van der Waals surface area contributed by atoms with Crippen LogP contribution in [0.15, 0.2) is 12.1 Å². The third-order valence-electron chi connectivity index (χ3n) is 3.98. The summed E-state index contributed by atoms with van der Waals surface area (Å²) in [5.41, 5.74) is 6.80. The summed E-state index contributed by atoms with van der Waals surface area (Å²) in [6.45, 7) is 8.55. The van der Waals surface area contributed by atoms with E-state index in [9.17, 15) is 10.2 Å². The van der Waals surface area contributed by atoms with Gasteiger partial charge in [0.25, 0.3) is 0 Å². The van der Waals surface area contributed by atoms with Gasteiger partial charge in [-0.05, 0) is 24.0 Å². The summed E-state index contributed by atoms with van der Waals surface area (Å²) >= 11 is 0. The zero-order chi connectivity index (χ0) is 14.4. The second kappa shape index (κ2) is 4.39. The molecule has 2 rings (SSSR count). The van der Waals surface area contributed by atoms with Crippen LogP contribution in [0.2, 0.25) is 0 Å². The third-order valence-corrected chi connectivity index (χ3v) is 3.98. The predicted molar refractivity (Wildman–Crippen MR) is 74.2 cm³/mol. The Bertz CT molecular complexity index is 493. The summed E-state index contributed by atoms with van der Waals surface area (Å²) < 4.78 is 6.19. The Morgan fingerprint density at radius 3 is 2.53 bits per heavy atom. The molecule has 1 aromatic carbocycles. The maximum Gasteiger partial charge on any atom is 0.161 e. The number of phenolic OH excluding ortho intramolecular Hbond substituents is 2. The molecule has 1 aliphatic heterocycles. The lowest BCUT2D eigenvalue weighted by atomic mass is 9.77. The van der Waals surface area contributed by atoms with Crippen LogP contribution < -0.4 is 5.73 Å². The zero-order valence-corrected chi connectivity index (χ0v) is 12.0. The van der Waals surface area contributed by atoms with Crippen LogP contribution in [0.4, 0.5) is 0 Å². The quantitative estimate of drug-likeness (QED) is 0.681. The van der Waals surface area contributed by atoms with E-state index in [1.54, 1.807) is 6.07 Å². The van der Waals surface area contributed by atoms with Crippen molar-refractivity contribution in [3.63, 3.8) is 0 Å². The van der Waals surface area contributed by atoms with Gasteiger partial charge < -0.3 is 20.7 Å². The highest BCUT2D eigenvalue weighted by Crippen LogP contribution is 2.45. The summed E-state index contributed by atoms with van der Waals surface area (Å²) in [7, 11) is 0. The maximum atomic E-state index is 10.1. The van der Waals surface area contributed by atoms with E-state index in [0.29, 0.717) is 13.0 Å². The predicted octanol–water partition coefficient (Wildman–Crippen LogP) is 2.26. The minimum absolute atomic E-state index is 0.0466. The van der Waals surface area contributed by atoms with Crippen LogP contribution in [0, 0.1) is 5.41 Å². The highest BCUT2D eigenvalue weighted by molar-refractivity contribution is 5.52. The Hall–Kier alpha value is -1.26. The largest absolute Gasteiger partial charge is 0.504 e. The van der Waals surface area contributed by atoms with Gasteiger partial charge in [-0.1, -0.05) is 26.8 Å². The van der Waals surface area contributed by atoms with Crippen molar-refractivity contribution >= 4 is 0 Å². The molecule has 0 spiro atoms. The van der Waals surface area contributed by atoms with E-state index in [-0.39, 0.29) is 23.0 Å². The van der Waals surface area contributed by atoms with E-state index < -0.39 is 5.60 Å². The van der Waals surface area contributed by atoms with Crippen LogP contribution in [-0.2, 0) is 16.8 Å². The molecule has 4 N–H and O–H groups in total. The van der Waals surface area contributed by atoms with Crippen LogP contribution in [0.3, 0.4) is 0 Å². The molecular formula is C15H23NO3. The standard InChI is InChI=1S/C15H23NO3/c1-14(2,3)12-7-9-10(15(4,8-16)19-12)5-6-11(17)13(9)18/h5-6,12,17-18H,7-8,16H2,1-4H3. The molecule has 0 aliphatic carbocycles. The smallest absolute Gasteiger partial charge is 0.161 e. The van der Waals surface area contributed by atoms with Crippen LogP contribution >= 0.6 is 0 Å². The van der Waals surface area contributed by atoms with E-state index in [4.69, 9.17) is 10.5 Å². The van der Waals surface area contributed by atoms with Crippen molar-refractivity contribution in [3.05, 3.63) is 23.3 Å². The van der Waals surface area contributed by atoms with E-state index >= 15 is 0 Å². The summed E-state index contributed by atoms with van der Waals surface area (Å²) in [6, 6.07) is 3.28. The first-order chi connectivity index (χ1) is 8.69. The number of nitrogens with two attached hydrogens (primary N) is 1. The molecule has 1 heterocycles. The van der Waals surface area contributed by atoms with Crippen molar-refractivity contribution in [1.82, 2.24) is 0 Å². The Labute approximate surface area is 114 Å². The summed E-state index contributed by atoms with van der Waals surface area (Å²) in [6.07, 6.45) is 0.524. The number of rotatable bonds is 1. The topological polar surface area (TPSA) is 75.7 Å². The molecule has 106 valence electrons. The van der Waals surface area contributed by atoms with Crippen LogP contribution in [0.1, 0.15) is 38.8 Å². The minimum atomic E-state index is -0.628. The molecule has 1 aromatic rings. The number of benzene rings is 1. The molecule has 0 aromatic heterocycles. The van der Waals surface area contributed by atoms with Crippen molar-refractivity contribution in [3.8, 4) is 11.5 Å². The van der Waals surface area contributed by atoms with Crippen molar-refractivity contribution in [1.29, 1.82) is 0 Å². The molecular weight excluding hydrogens is 242 g/mol. The van der Waals surface area contributed by atoms with Gasteiger partial charge in [0.1, 0.15) is 5.60 Å². The Morgan fingerprint density at radius 2 is 2.00 bits per heavy atom. The highest BCUT2D eigenvalue weighted by atomic mass is 16.5. The SMILES string of the molecule is CC1(CN)OC(C(C)(C)C)Cc2c1ccc(O)c2O. The first kappa shape index (κ1) is 14.2. The van der Waals surface area contributed by atoms with Gasteiger partial charge in [-0.25, -0.2) is 0 Å². The molecule has 0 saturated carbocycles. The van der Waals surface area contributed by atoms with E-state index in [1.165, 1.54) is 6.07 Å². The fourth-order valence-corrected chi connectivity index (χ4v) is 2.57. The van der Waals surface area contributed by atoms with Crippen molar-refractivity contribution < 1.29 is 14.9 Å². The minimum Gasteiger partial charge on any atom is -0.504 e. The number of hydrogen-bond acceptors (Lipinski definition) is 4. The average Bonchev–Trinajstić information content (AvgIpc) is 2.33. The number of hydrogen-bond donors (Lipinski definition) is 3. The molecule has 19 heavy (non-hydrogen) atoms. The number of ether oxygens (including phenoxy) is 1.